The SMILES string of the molecule is C=CCNC(=O)CNCCOC. The van der Waals surface area contributed by atoms with Gasteiger partial charge in [-0.2, -0.15) is 0 Å². The van der Waals surface area contributed by atoms with Crippen LogP contribution in [0.4, 0.5) is 0 Å². The largest absolute Gasteiger partial charge is 0.383 e. The smallest absolute Gasteiger partial charge is 0.234 e. The monoisotopic (exact) mass is 172 g/mol. The zero-order valence-electron chi connectivity index (χ0n) is 7.43. The topological polar surface area (TPSA) is 50.4 Å². The van der Waals surface area contributed by atoms with Crippen LogP contribution in [0.25, 0.3) is 0 Å². The van der Waals surface area contributed by atoms with Crippen molar-refractivity contribution in [2.24, 2.45) is 0 Å². The third-order valence-corrected chi connectivity index (χ3v) is 1.21. The molecule has 0 atom stereocenters. The molecule has 0 aliphatic rings. The second-order valence-corrected chi connectivity index (χ2v) is 2.26. The predicted octanol–water partition coefficient (Wildman–Crippen LogP) is -0.475. The molecule has 0 fully saturated rings. The van der Waals surface area contributed by atoms with Crippen molar-refractivity contribution in [1.29, 1.82) is 0 Å². The van der Waals surface area contributed by atoms with Gasteiger partial charge in [-0.15, -0.1) is 6.58 Å². The van der Waals surface area contributed by atoms with Crippen molar-refractivity contribution < 1.29 is 9.53 Å². The first kappa shape index (κ1) is 11.1. The van der Waals surface area contributed by atoms with Crippen molar-refractivity contribution in [2.45, 2.75) is 0 Å². The highest BCUT2D eigenvalue weighted by molar-refractivity contribution is 5.78. The van der Waals surface area contributed by atoms with Crippen LogP contribution in [-0.4, -0.2) is 39.3 Å². The number of rotatable bonds is 7. The van der Waals surface area contributed by atoms with E-state index in [1.807, 2.05) is 0 Å². The van der Waals surface area contributed by atoms with E-state index < -0.39 is 0 Å². The minimum atomic E-state index is -0.0222. The van der Waals surface area contributed by atoms with Crippen LogP contribution in [0.1, 0.15) is 0 Å². The molecule has 0 aromatic carbocycles. The minimum absolute atomic E-state index is 0.0222. The molecule has 0 aliphatic heterocycles. The Bertz CT molecular complexity index is 137. The zero-order chi connectivity index (χ0) is 9.23. The molecule has 0 aromatic rings. The number of carbonyl (C=O) groups excluding carboxylic acids is 1. The van der Waals surface area contributed by atoms with Gasteiger partial charge in [0.2, 0.25) is 5.91 Å². The summed E-state index contributed by atoms with van der Waals surface area (Å²) in [4.78, 5) is 10.9. The van der Waals surface area contributed by atoms with E-state index in [4.69, 9.17) is 4.74 Å². The third-order valence-electron chi connectivity index (χ3n) is 1.21. The molecular weight excluding hydrogens is 156 g/mol. The lowest BCUT2D eigenvalue weighted by Gasteiger charge is -2.03. The van der Waals surface area contributed by atoms with Gasteiger partial charge in [0.25, 0.3) is 0 Å². The highest BCUT2D eigenvalue weighted by atomic mass is 16.5. The van der Waals surface area contributed by atoms with Gasteiger partial charge in [-0.3, -0.25) is 4.79 Å². The normalized spacial score (nSPS) is 9.42. The Labute approximate surface area is 73.0 Å². The van der Waals surface area contributed by atoms with Gasteiger partial charge in [0, 0.05) is 20.2 Å². The van der Waals surface area contributed by atoms with E-state index in [0.29, 0.717) is 26.2 Å². The van der Waals surface area contributed by atoms with Crippen LogP contribution in [0.2, 0.25) is 0 Å². The number of ether oxygens (including phenoxy) is 1. The molecule has 0 heterocycles. The Morgan fingerprint density at radius 1 is 1.67 bits per heavy atom. The number of methoxy groups -OCH3 is 1. The van der Waals surface area contributed by atoms with Gasteiger partial charge in [-0.05, 0) is 0 Å². The molecule has 1 amide bonds. The molecule has 0 aromatic heterocycles. The van der Waals surface area contributed by atoms with E-state index in [1.165, 1.54) is 0 Å². The van der Waals surface area contributed by atoms with Gasteiger partial charge >= 0.3 is 0 Å². The lowest BCUT2D eigenvalue weighted by molar-refractivity contribution is -0.120. The van der Waals surface area contributed by atoms with Gasteiger partial charge in [0.05, 0.1) is 13.2 Å². The molecule has 0 aliphatic carbocycles. The Kier molecular flexibility index (Phi) is 7.63. The molecule has 0 rings (SSSR count). The summed E-state index contributed by atoms with van der Waals surface area (Å²) >= 11 is 0. The fraction of sp³-hybridized carbons (Fsp3) is 0.625. The molecule has 0 saturated heterocycles. The van der Waals surface area contributed by atoms with Crippen LogP contribution >= 0.6 is 0 Å². The van der Waals surface area contributed by atoms with E-state index in [-0.39, 0.29) is 5.91 Å². The van der Waals surface area contributed by atoms with Gasteiger partial charge < -0.3 is 15.4 Å². The summed E-state index contributed by atoms with van der Waals surface area (Å²) in [6.07, 6.45) is 1.65. The summed E-state index contributed by atoms with van der Waals surface area (Å²) in [6, 6.07) is 0. The third kappa shape index (κ3) is 7.24. The molecule has 0 saturated carbocycles. The molecule has 0 unspecified atom stereocenters. The Morgan fingerprint density at radius 2 is 2.42 bits per heavy atom. The van der Waals surface area contributed by atoms with Crippen LogP contribution in [0.5, 0.6) is 0 Å². The lowest BCUT2D eigenvalue weighted by atomic mass is 10.5. The summed E-state index contributed by atoms with van der Waals surface area (Å²) in [5.41, 5.74) is 0. The summed E-state index contributed by atoms with van der Waals surface area (Å²) in [5, 5.41) is 5.57. The van der Waals surface area contributed by atoms with Crippen LogP contribution in [0, 0.1) is 0 Å². The van der Waals surface area contributed by atoms with Crippen molar-refractivity contribution in [3.05, 3.63) is 12.7 Å². The lowest BCUT2D eigenvalue weighted by Crippen LogP contribution is -2.35. The van der Waals surface area contributed by atoms with E-state index in [2.05, 4.69) is 17.2 Å². The number of nitrogens with one attached hydrogen (secondary N) is 2. The molecule has 0 bridgehead atoms. The molecule has 0 spiro atoms. The Hall–Kier alpha value is -0.870. The maximum Gasteiger partial charge on any atom is 0.234 e. The average molecular weight is 172 g/mol. The van der Waals surface area contributed by atoms with Crippen molar-refractivity contribution in [3.8, 4) is 0 Å². The van der Waals surface area contributed by atoms with Crippen LogP contribution in [0.15, 0.2) is 12.7 Å². The van der Waals surface area contributed by atoms with Gasteiger partial charge in [-0.1, -0.05) is 6.08 Å². The van der Waals surface area contributed by atoms with Crippen molar-refractivity contribution in [1.82, 2.24) is 10.6 Å². The fourth-order valence-corrected chi connectivity index (χ4v) is 0.625. The number of hydrogen-bond donors (Lipinski definition) is 2. The zero-order valence-corrected chi connectivity index (χ0v) is 7.43. The summed E-state index contributed by atoms with van der Waals surface area (Å²) in [6.45, 7) is 5.65. The molecule has 4 nitrogen and oxygen atoms in total. The summed E-state index contributed by atoms with van der Waals surface area (Å²) in [7, 11) is 1.62. The molecule has 2 N–H and O–H groups in total. The second-order valence-electron chi connectivity index (χ2n) is 2.26. The van der Waals surface area contributed by atoms with Crippen LogP contribution < -0.4 is 10.6 Å². The average Bonchev–Trinajstić information content (AvgIpc) is 2.09. The predicted molar refractivity (Wildman–Crippen MR) is 48.0 cm³/mol. The fourth-order valence-electron chi connectivity index (χ4n) is 0.625. The highest BCUT2D eigenvalue weighted by Crippen LogP contribution is 1.67. The van der Waals surface area contributed by atoms with E-state index in [0.717, 1.165) is 0 Å². The first-order valence-corrected chi connectivity index (χ1v) is 3.88. The van der Waals surface area contributed by atoms with E-state index in [1.54, 1.807) is 13.2 Å². The molecule has 70 valence electrons. The van der Waals surface area contributed by atoms with Gasteiger partial charge in [0.15, 0.2) is 0 Å². The number of carbonyl (C=O) groups is 1. The van der Waals surface area contributed by atoms with Crippen molar-refractivity contribution >= 4 is 5.91 Å². The quantitative estimate of drug-likeness (QED) is 0.403. The van der Waals surface area contributed by atoms with E-state index >= 15 is 0 Å². The second kappa shape index (κ2) is 8.23. The first-order valence-electron chi connectivity index (χ1n) is 3.88. The van der Waals surface area contributed by atoms with Crippen LogP contribution in [-0.2, 0) is 9.53 Å². The molecule has 12 heavy (non-hydrogen) atoms. The summed E-state index contributed by atoms with van der Waals surface area (Å²) < 4.78 is 4.79. The number of amides is 1. The molecular formula is C8H16N2O2. The first-order chi connectivity index (χ1) is 5.81. The maximum atomic E-state index is 10.9. The number of hydrogen-bond acceptors (Lipinski definition) is 3. The van der Waals surface area contributed by atoms with Crippen molar-refractivity contribution in [2.75, 3.05) is 33.4 Å². The van der Waals surface area contributed by atoms with Crippen LogP contribution in [0.3, 0.4) is 0 Å². The maximum absolute atomic E-state index is 10.9. The minimum Gasteiger partial charge on any atom is -0.383 e. The van der Waals surface area contributed by atoms with Gasteiger partial charge in [0.1, 0.15) is 0 Å². The van der Waals surface area contributed by atoms with Crippen molar-refractivity contribution in [3.63, 3.8) is 0 Å². The van der Waals surface area contributed by atoms with Gasteiger partial charge in [-0.25, -0.2) is 0 Å². The standard InChI is InChI=1S/C8H16N2O2/c1-3-4-10-8(11)7-9-5-6-12-2/h3,9H,1,4-7H2,2H3,(H,10,11). The Morgan fingerprint density at radius 3 is 3.00 bits per heavy atom. The van der Waals surface area contributed by atoms with E-state index in [9.17, 15) is 4.79 Å². The molecule has 0 radical (unpaired) electrons. The Balaban J connectivity index is 3.13. The molecule has 4 heteroatoms. The highest BCUT2D eigenvalue weighted by Gasteiger charge is 1.96. The summed E-state index contributed by atoms with van der Waals surface area (Å²) in [5.74, 6) is -0.0222.